The van der Waals surface area contributed by atoms with Crippen molar-refractivity contribution in [2.45, 2.75) is 38.0 Å². The molecule has 0 aliphatic heterocycles. The lowest BCUT2D eigenvalue weighted by Crippen LogP contribution is -2.33. The molecule has 0 radical (unpaired) electrons. The minimum atomic E-state index is -4.35. The van der Waals surface area contributed by atoms with Crippen molar-refractivity contribution in [3.63, 3.8) is 0 Å². The van der Waals surface area contributed by atoms with Gasteiger partial charge in [0.2, 0.25) is 5.91 Å². The molecule has 4 rings (SSSR count). The van der Waals surface area contributed by atoms with Crippen molar-refractivity contribution in [3.05, 3.63) is 83.7 Å². The molecule has 150 valence electrons. The van der Waals surface area contributed by atoms with E-state index in [-0.39, 0.29) is 18.4 Å². The largest absolute Gasteiger partial charge is 0.416 e. The van der Waals surface area contributed by atoms with Crippen LogP contribution in [0.4, 0.5) is 13.2 Å². The molecule has 1 amide bonds. The van der Waals surface area contributed by atoms with Crippen molar-refractivity contribution in [1.29, 1.82) is 0 Å². The van der Waals surface area contributed by atoms with Crippen LogP contribution in [0.2, 0.25) is 0 Å². The van der Waals surface area contributed by atoms with Crippen molar-refractivity contribution in [3.8, 4) is 5.69 Å². The molecule has 0 saturated heterocycles. The second-order valence-electron chi connectivity index (χ2n) is 7.24. The van der Waals surface area contributed by atoms with Gasteiger partial charge in [-0.2, -0.15) is 18.3 Å². The Morgan fingerprint density at radius 3 is 2.24 bits per heavy atom. The van der Waals surface area contributed by atoms with Crippen LogP contribution in [0.15, 0.2) is 67.0 Å². The van der Waals surface area contributed by atoms with Gasteiger partial charge in [0, 0.05) is 25.0 Å². The van der Waals surface area contributed by atoms with Crippen LogP contribution in [0.1, 0.15) is 29.5 Å². The van der Waals surface area contributed by atoms with Gasteiger partial charge in [-0.3, -0.25) is 4.79 Å². The number of rotatable bonds is 6. The lowest BCUT2D eigenvalue weighted by Gasteiger charge is -2.23. The zero-order valence-electron chi connectivity index (χ0n) is 15.6. The normalized spacial score (nSPS) is 14.0. The van der Waals surface area contributed by atoms with Crippen LogP contribution in [0.25, 0.3) is 5.69 Å². The summed E-state index contributed by atoms with van der Waals surface area (Å²) in [6.07, 6.45) is 1.32. The molecule has 1 heterocycles. The first-order valence-electron chi connectivity index (χ1n) is 9.45. The van der Waals surface area contributed by atoms with Crippen LogP contribution >= 0.6 is 0 Å². The second-order valence-corrected chi connectivity index (χ2v) is 7.24. The Morgan fingerprint density at radius 2 is 1.69 bits per heavy atom. The highest BCUT2D eigenvalue weighted by atomic mass is 19.4. The number of hydrogen-bond donors (Lipinski definition) is 0. The number of carbonyl (C=O) groups is 1. The molecule has 1 saturated carbocycles. The Morgan fingerprint density at radius 1 is 1.03 bits per heavy atom. The van der Waals surface area contributed by atoms with Gasteiger partial charge in [-0.25, -0.2) is 4.68 Å². The fourth-order valence-electron chi connectivity index (χ4n) is 3.27. The lowest BCUT2D eigenvalue weighted by molar-refractivity contribution is -0.137. The quantitative estimate of drug-likeness (QED) is 0.606. The van der Waals surface area contributed by atoms with E-state index < -0.39 is 11.7 Å². The van der Waals surface area contributed by atoms with Crippen molar-refractivity contribution >= 4 is 5.91 Å². The van der Waals surface area contributed by atoms with E-state index in [9.17, 15) is 18.0 Å². The molecular weight excluding hydrogens is 379 g/mol. The molecule has 1 aliphatic carbocycles. The van der Waals surface area contributed by atoms with Crippen LogP contribution in [-0.2, 0) is 23.9 Å². The average molecular weight is 399 g/mol. The third-order valence-corrected chi connectivity index (χ3v) is 5.00. The minimum absolute atomic E-state index is 0.0146. The van der Waals surface area contributed by atoms with E-state index in [0.29, 0.717) is 12.1 Å². The summed E-state index contributed by atoms with van der Waals surface area (Å²) in [6, 6.07) is 14.7. The standard InChI is InChI=1S/C22H20F3N3O/c23-22(24,25)18-6-2-17(3-7-18)15-27(19-10-11-19)21(29)14-16-4-8-20(9-5-16)28-13-1-12-26-28/h1-9,12-13,19H,10-11,14-15H2. The zero-order chi connectivity index (χ0) is 20.4. The zero-order valence-corrected chi connectivity index (χ0v) is 15.6. The van der Waals surface area contributed by atoms with Gasteiger partial charge in [0.05, 0.1) is 17.7 Å². The number of nitrogens with zero attached hydrogens (tertiary/aromatic N) is 3. The van der Waals surface area contributed by atoms with Crippen LogP contribution in [0, 0.1) is 0 Å². The number of alkyl halides is 3. The summed E-state index contributed by atoms with van der Waals surface area (Å²) in [5, 5.41) is 4.18. The fourth-order valence-corrected chi connectivity index (χ4v) is 3.27. The van der Waals surface area contributed by atoms with Gasteiger partial charge in [0.15, 0.2) is 0 Å². The summed E-state index contributed by atoms with van der Waals surface area (Å²) >= 11 is 0. The number of benzene rings is 2. The Balaban J connectivity index is 1.43. The van der Waals surface area contributed by atoms with E-state index in [2.05, 4.69) is 5.10 Å². The van der Waals surface area contributed by atoms with Crippen molar-refractivity contribution in [2.24, 2.45) is 0 Å². The second kappa shape index (κ2) is 7.73. The maximum atomic E-state index is 12.9. The van der Waals surface area contributed by atoms with Crippen molar-refractivity contribution in [1.82, 2.24) is 14.7 Å². The van der Waals surface area contributed by atoms with E-state index in [0.717, 1.165) is 36.2 Å². The van der Waals surface area contributed by atoms with Gasteiger partial charge in [-0.05, 0) is 54.3 Å². The predicted molar refractivity (Wildman–Crippen MR) is 102 cm³/mol. The smallest absolute Gasteiger partial charge is 0.335 e. The molecular formula is C22H20F3N3O. The summed E-state index contributed by atoms with van der Waals surface area (Å²) in [6.45, 7) is 0.326. The number of amides is 1. The molecule has 4 nitrogen and oxygen atoms in total. The summed E-state index contributed by atoms with van der Waals surface area (Å²) in [7, 11) is 0. The van der Waals surface area contributed by atoms with E-state index in [4.69, 9.17) is 0 Å². The van der Waals surface area contributed by atoms with Gasteiger partial charge in [-0.1, -0.05) is 24.3 Å². The van der Waals surface area contributed by atoms with E-state index in [1.807, 2.05) is 36.5 Å². The SMILES string of the molecule is O=C(Cc1ccc(-n2cccn2)cc1)N(Cc1ccc(C(F)(F)F)cc1)C1CC1. The molecule has 3 aromatic rings. The molecule has 0 bridgehead atoms. The van der Waals surface area contributed by atoms with Gasteiger partial charge >= 0.3 is 6.18 Å². The highest BCUT2D eigenvalue weighted by Crippen LogP contribution is 2.31. The Kier molecular flexibility index (Phi) is 5.13. The van der Waals surface area contributed by atoms with Crippen LogP contribution in [0.3, 0.4) is 0 Å². The van der Waals surface area contributed by atoms with E-state index in [1.165, 1.54) is 12.1 Å². The van der Waals surface area contributed by atoms with Gasteiger partial charge in [0.1, 0.15) is 0 Å². The molecule has 1 fully saturated rings. The first-order valence-corrected chi connectivity index (χ1v) is 9.45. The Hall–Kier alpha value is -3.09. The molecule has 1 aromatic heterocycles. The Bertz CT molecular complexity index is 960. The summed E-state index contributed by atoms with van der Waals surface area (Å²) in [5.41, 5.74) is 1.83. The van der Waals surface area contributed by atoms with Crippen LogP contribution in [0.5, 0.6) is 0 Å². The number of aromatic nitrogens is 2. The Labute approximate surface area is 166 Å². The number of hydrogen-bond acceptors (Lipinski definition) is 2. The van der Waals surface area contributed by atoms with E-state index >= 15 is 0 Å². The fraction of sp³-hybridized carbons (Fsp3) is 0.273. The maximum Gasteiger partial charge on any atom is 0.416 e. The maximum absolute atomic E-state index is 12.9. The van der Waals surface area contributed by atoms with Crippen LogP contribution < -0.4 is 0 Å². The summed E-state index contributed by atoms with van der Waals surface area (Å²) < 4.78 is 40.0. The number of carbonyl (C=O) groups excluding carboxylic acids is 1. The highest BCUT2D eigenvalue weighted by molar-refractivity contribution is 5.79. The third kappa shape index (κ3) is 4.67. The molecule has 0 atom stereocenters. The first kappa shape index (κ1) is 19.2. The van der Waals surface area contributed by atoms with Gasteiger partial charge in [0.25, 0.3) is 0 Å². The summed E-state index contributed by atoms with van der Waals surface area (Å²) in [5.74, 6) is -0.0146. The number of halogens is 3. The van der Waals surface area contributed by atoms with E-state index in [1.54, 1.807) is 15.8 Å². The molecule has 0 spiro atoms. The first-order chi connectivity index (χ1) is 13.9. The molecule has 7 heteroatoms. The molecule has 2 aromatic carbocycles. The molecule has 1 aliphatic rings. The third-order valence-electron chi connectivity index (χ3n) is 5.00. The van der Waals surface area contributed by atoms with Gasteiger partial charge in [-0.15, -0.1) is 0 Å². The minimum Gasteiger partial charge on any atom is -0.335 e. The average Bonchev–Trinajstić information content (AvgIpc) is 3.39. The molecule has 0 N–H and O–H groups in total. The van der Waals surface area contributed by atoms with Crippen molar-refractivity contribution < 1.29 is 18.0 Å². The van der Waals surface area contributed by atoms with Gasteiger partial charge < -0.3 is 4.90 Å². The monoisotopic (exact) mass is 399 g/mol. The molecule has 29 heavy (non-hydrogen) atoms. The highest BCUT2D eigenvalue weighted by Gasteiger charge is 2.33. The summed E-state index contributed by atoms with van der Waals surface area (Å²) in [4.78, 5) is 14.6. The van der Waals surface area contributed by atoms with Crippen molar-refractivity contribution in [2.75, 3.05) is 0 Å². The topological polar surface area (TPSA) is 38.1 Å². The molecule has 0 unspecified atom stereocenters. The predicted octanol–water partition coefficient (Wildman–Crippen LogP) is 4.62. The van der Waals surface area contributed by atoms with Crippen LogP contribution in [-0.4, -0.2) is 26.6 Å². The lowest BCUT2D eigenvalue weighted by atomic mass is 10.1.